The van der Waals surface area contributed by atoms with E-state index in [2.05, 4.69) is 0 Å². The predicted octanol–water partition coefficient (Wildman–Crippen LogP) is 3.47. The maximum atomic E-state index is 13.8. The van der Waals surface area contributed by atoms with Crippen molar-refractivity contribution < 1.29 is 23.1 Å². The van der Waals surface area contributed by atoms with Gasteiger partial charge in [-0.2, -0.15) is 0 Å². The molecule has 3 rings (SSSR count). The highest BCUT2D eigenvalue weighted by Gasteiger charge is 2.29. The first-order valence-electron chi connectivity index (χ1n) is 8.49. The number of hydrogen-bond donors (Lipinski definition) is 0. The van der Waals surface area contributed by atoms with E-state index in [1.165, 1.54) is 0 Å². The average molecular weight is 359 g/mol. The molecule has 136 valence electrons. The molecule has 0 bridgehead atoms. The van der Waals surface area contributed by atoms with Gasteiger partial charge >= 0.3 is 0 Å². The van der Waals surface area contributed by atoms with E-state index in [1.54, 1.807) is 17.0 Å². The molecule has 2 aromatic carbocycles. The van der Waals surface area contributed by atoms with E-state index in [-0.39, 0.29) is 18.1 Å². The molecular weight excluding hydrogens is 340 g/mol. The van der Waals surface area contributed by atoms with Gasteiger partial charge in [-0.25, -0.2) is 8.78 Å². The third kappa shape index (κ3) is 4.25. The van der Waals surface area contributed by atoms with Gasteiger partial charge in [0.15, 0.2) is 12.4 Å². The molecule has 6 heteroatoms. The van der Waals surface area contributed by atoms with Crippen LogP contribution in [0.2, 0.25) is 0 Å². The van der Waals surface area contributed by atoms with Crippen LogP contribution in [0.5, 0.6) is 5.75 Å². The first-order valence-corrected chi connectivity index (χ1v) is 8.49. The Morgan fingerprint density at radius 1 is 1.04 bits per heavy atom. The lowest BCUT2D eigenvalue weighted by molar-refractivity contribution is -0.134. The molecular formula is C20H19F2NO3. The lowest BCUT2D eigenvalue weighted by Gasteiger charge is -2.31. The Morgan fingerprint density at radius 2 is 1.73 bits per heavy atom. The summed E-state index contributed by atoms with van der Waals surface area (Å²) in [6, 6.07) is 11.9. The van der Waals surface area contributed by atoms with Crippen molar-refractivity contribution in [3.63, 3.8) is 0 Å². The molecule has 0 unspecified atom stereocenters. The number of rotatable bonds is 5. The lowest BCUT2D eigenvalue weighted by atomic mass is 9.88. The van der Waals surface area contributed by atoms with Gasteiger partial charge in [0, 0.05) is 19.0 Å². The zero-order valence-corrected chi connectivity index (χ0v) is 14.2. The van der Waals surface area contributed by atoms with Crippen LogP contribution in [0.3, 0.4) is 0 Å². The van der Waals surface area contributed by atoms with E-state index in [1.807, 2.05) is 18.2 Å². The molecule has 1 saturated heterocycles. The number of ketones is 1. The molecule has 0 aromatic heterocycles. The van der Waals surface area contributed by atoms with E-state index in [4.69, 9.17) is 4.74 Å². The van der Waals surface area contributed by atoms with Crippen LogP contribution in [-0.2, 0) is 4.79 Å². The molecule has 1 heterocycles. The van der Waals surface area contributed by atoms with Crippen LogP contribution < -0.4 is 4.74 Å². The zero-order chi connectivity index (χ0) is 18.5. The number of hydrogen-bond acceptors (Lipinski definition) is 3. The second-order valence-electron chi connectivity index (χ2n) is 6.25. The first-order chi connectivity index (χ1) is 12.5. The fraction of sp³-hybridized carbons (Fsp3) is 0.300. The summed E-state index contributed by atoms with van der Waals surface area (Å²) >= 11 is 0. The summed E-state index contributed by atoms with van der Waals surface area (Å²) in [4.78, 5) is 26.3. The Hall–Kier alpha value is -2.76. The lowest BCUT2D eigenvalue weighted by Crippen LogP contribution is -2.42. The Balaban J connectivity index is 1.53. The number of amides is 1. The summed E-state index contributed by atoms with van der Waals surface area (Å²) in [5, 5.41) is 0. The highest BCUT2D eigenvalue weighted by molar-refractivity contribution is 5.98. The second-order valence-corrected chi connectivity index (χ2v) is 6.25. The van der Waals surface area contributed by atoms with Gasteiger partial charge < -0.3 is 9.64 Å². The molecule has 0 atom stereocenters. The van der Waals surface area contributed by atoms with Crippen molar-refractivity contribution >= 4 is 11.7 Å². The number of halogens is 2. The molecule has 2 aromatic rings. The summed E-state index contributed by atoms with van der Waals surface area (Å²) in [7, 11) is 0. The molecule has 26 heavy (non-hydrogen) atoms. The van der Waals surface area contributed by atoms with Crippen LogP contribution in [0.1, 0.15) is 23.2 Å². The molecule has 4 nitrogen and oxygen atoms in total. The number of piperidine rings is 1. The predicted molar refractivity (Wildman–Crippen MR) is 91.9 cm³/mol. The normalized spacial score (nSPS) is 14.9. The van der Waals surface area contributed by atoms with E-state index in [0.717, 1.165) is 18.2 Å². The van der Waals surface area contributed by atoms with Crippen LogP contribution in [-0.4, -0.2) is 36.3 Å². The molecule has 0 spiro atoms. The van der Waals surface area contributed by atoms with Crippen molar-refractivity contribution in [1.29, 1.82) is 0 Å². The monoisotopic (exact) mass is 359 g/mol. The van der Waals surface area contributed by atoms with Crippen LogP contribution >= 0.6 is 0 Å². The summed E-state index contributed by atoms with van der Waals surface area (Å²) < 4.78 is 32.5. The van der Waals surface area contributed by atoms with Gasteiger partial charge in [-0.05, 0) is 43.2 Å². The minimum atomic E-state index is -0.717. The number of carbonyl (C=O) groups is 2. The average Bonchev–Trinajstić information content (AvgIpc) is 2.68. The van der Waals surface area contributed by atoms with Gasteiger partial charge in [-0.15, -0.1) is 0 Å². The maximum Gasteiger partial charge on any atom is 0.260 e. The van der Waals surface area contributed by atoms with Gasteiger partial charge in [-0.1, -0.05) is 18.2 Å². The Labute approximate surface area is 150 Å². The third-order valence-corrected chi connectivity index (χ3v) is 4.52. The van der Waals surface area contributed by atoms with Crippen LogP contribution in [0, 0.1) is 17.6 Å². The fourth-order valence-corrected chi connectivity index (χ4v) is 3.05. The minimum Gasteiger partial charge on any atom is -0.484 e. The molecule has 1 aliphatic heterocycles. The fourth-order valence-electron chi connectivity index (χ4n) is 3.05. The molecule has 0 N–H and O–H groups in total. The maximum absolute atomic E-state index is 13.8. The van der Waals surface area contributed by atoms with Crippen molar-refractivity contribution in [3.05, 3.63) is 65.7 Å². The number of benzene rings is 2. The smallest absolute Gasteiger partial charge is 0.260 e. The highest BCUT2D eigenvalue weighted by Crippen LogP contribution is 2.24. The van der Waals surface area contributed by atoms with Gasteiger partial charge in [0.1, 0.15) is 17.4 Å². The van der Waals surface area contributed by atoms with Gasteiger partial charge in [0.05, 0.1) is 5.56 Å². The van der Waals surface area contributed by atoms with Crippen molar-refractivity contribution in [3.8, 4) is 5.75 Å². The summed E-state index contributed by atoms with van der Waals surface area (Å²) in [6.45, 7) is 0.718. The van der Waals surface area contributed by atoms with Crippen molar-refractivity contribution in [2.45, 2.75) is 12.8 Å². The molecule has 1 fully saturated rings. The summed E-state index contributed by atoms with van der Waals surface area (Å²) in [5.74, 6) is -1.71. The van der Waals surface area contributed by atoms with Gasteiger partial charge in [0.2, 0.25) is 0 Å². The standard InChI is InChI=1S/C20H19F2NO3/c21-15-6-7-18(22)17(12-15)20(25)14-8-10-23(11-9-14)19(24)13-26-16-4-2-1-3-5-16/h1-7,12,14H,8-11,13H2. The molecule has 0 radical (unpaired) electrons. The van der Waals surface area contributed by atoms with Crippen LogP contribution in [0.25, 0.3) is 0 Å². The number of para-hydroxylation sites is 1. The topological polar surface area (TPSA) is 46.6 Å². The highest BCUT2D eigenvalue weighted by atomic mass is 19.1. The molecule has 0 aliphatic carbocycles. The second kappa shape index (κ2) is 8.08. The number of Topliss-reactive ketones (excluding diaryl/α,β-unsaturated/α-hetero) is 1. The van der Waals surface area contributed by atoms with Crippen LogP contribution in [0.15, 0.2) is 48.5 Å². The SMILES string of the molecule is O=C(c1cc(F)ccc1F)C1CCN(C(=O)COc2ccccc2)CC1. The van der Waals surface area contributed by atoms with E-state index < -0.39 is 23.3 Å². The van der Waals surface area contributed by atoms with Crippen LogP contribution in [0.4, 0.5) is 8.78 Å². The third-order valence-electron chi connectivity index (χ3n) is 4.52. The molecule has 1 amide bonds. The van der Waals surface area contributed by atoms with Crippen molar-refractivity contribution in [2.75, 3.05) is 19.7 Å². The van der Waals surface area contributed by atoms with E-state index in [9.17, 15) is 18.4 Å². The van der Waals surface area contributed by atoms with E-state index in [0.29, 0.717) is 31.7 Å². The van der Waals surface area contributed by atoms with Gasteiger partial charge in [0.25, 0.3) is 5.91 Å². The molecule has 0 saturated carbocycles. The molecule has 1 aliphatic rings. The number of carbonyl (C=O) groups excluding carboxylic acids is 2. The first kappa shape index (κ1) is 18.0. The number of ether oxygens (including phenoxy) is 1. The summed E-state index contributed by atoms with van der Waals surface area (Å²) in [6.07, 6.45) is 0.845. The van der Waals surface area contributed by atoms with Gasteiger partial charge in [-0.3, -0.25) is 9.59 Å². The number of likely N-dealkylation sites (tertiary alicyclic amines) is 1. The Kier molecular flexibility index (Phi) is 5.61. The van der Waals surface area contributed by atoms with Crippen molar-refractivity contribution in [1.82, 2.24) is 4.90 Å². The summed E-state index contributed by atoms with van der Waals surface area (Å²) in [5.41, 5.74) is -0.220. The zero-order valence-electron chi connectivity index (χ0n) is 14.2. The van der Waals surface area contributed by atoms with E-state index >= 15 is 0 Å². The largest absolute Gasteiger partial charge is 0.484 e. The minimum absolute atomic E-state index is 0.0683. The Bertz CT molecular complexity index is 787. The Morgan fingerprint density at radius 3 is 2.42 bits per heavy atom. The quantitative estimate of drug-likeness (QED) is 0.768. The number of nitrogens with zero attached hydrogens (tertiary/aromatic N) is 1. The van der Waals surface area contributed by atoms with Crippen molar-refractivity contribution in [2.24, 2.45) is 5.92 Å².